The molecule has 2 nitrogen and oxygen atoms in total. The van der Waals surface area contributed by atoms with Gasteiger partial charge in [-0.05, 0) is 18.9 Å². The van der Waals surface area contributed by atoms with Gasteiger partial charge in [-0.25, -0.2) is 0 Å². The van der Waals surface area contributed by atoms with Crippen LogP contribution in [0, 0.1) is 4.64 Å². The molecule has 0 aliphatic heterocycles. The van der Waals surface area contributed by atoms with Crippen molar-refractivity contribution in [2.75, 3.05) is 0 Å². The molecule has 11 heavy (non-hydrogen) atoms. The molecule has 0 aliphatic carbocycles. The maximum absolute atomic E-state index is 5.12. The van der Waals surface area contributed by atoms with Crippen molar-refractivity contribution >= 4 is 12.2 Å². The number of hydrogen-bond donors (Lipinski definition) is 1. The summed E-state index contributed by atoms with van der Waals surface area (Å²) >= 11 is 5.12. The zero-order valence-electron chi connectivity index (χ0n) is 7.22. The lowest BCUT2D eigenvalue weighted by molar-refractivity contribution is 0.629. The van der Waals surface area contributed by atoms with Crippen LogP contribution in [0.15, 0.2) is 6.07 Å². The van der Waals surface area contributed by atoms with Crippen LogP contribution in [0.1, 0.15) is 32.4 Å². The van der Waals surface area contributed by atoms with Crippen LogP contribution in [0.2, 0.25) is 0 Å². The van der Waals surface area contributed by atoms with Crippen LogP contribution in [0.4, 0.5) is 0 Å². The predicted octanol–water partition coefficient (Wildman–Crippen LogP) is 2.69. The van der Waals surface area contributed by atoms with Gasteiger partial charge in [-0.2, -0.15) is 0 Å². The molecule has 0 saturated carbocycles. The van der Waals surface area contributed by atoms with E-state index in [1.54, 1.807) is 0 Å². The molecule has 3 heteroatoms. The number of hydrogen-bond acceptors (Lipinski definition) is 1. The third kappa shape index (κ3) is 1.71. The van der Waals surface area contributed by atoms with Crippen molar-refractivity contribution < 1.29 is 0 Å². The molecule has 0 unspecified atom stereocenters. The van der Waals surface area contributed by atoms with Crippen LogP contribution < -0.4 is 0 Å². The first-order chi connectivity index (χ1) is 5.15. The fourth-order valence-electron chi connectivity index (χ4n) is 0.985. The van der Waals surface area contributed by atoms with Gasteiger partial charge in [-0.3, -0.25) is 4.68 Å². The summed E-state index contributed by atoms with van der Waals surface area (Å²) < 4.78 is 2.88. The largest absolute Gasteiger partial charge is 0.301 e. The second-order valence-corrected chi connectivity index (χ2v) is 3.37. The van der Waals surface area contributed by atoms with Gasteiger partial charge in [0.15, 0.2) is 0 Å². The molecule has 0 bridgehead atoms. The fourth-order valence-corrected chi connectivity index (χ4v) is 1.29. The molecule has 1 heterocycles. The van der Waals surface area contributed by atoms with Gasteiger partial charge in [0.2, 0.25) is 0 Å². The van der Waals surface area contributed by atoms with Gasteiger partial charge < -0.3 is 5.10 Å². The number of aromatic amines is 1. The average Bonchev–Trinajstić information content (AvgIpc) is 2.31. The molecule has 0 fully saturated rings. The normalized spacial score (nSPS) is 10.9. The maximum atomic E-state index is 5.12. The van der Waals surface area contributed by atoms with Crippen LogP contribution in [0.3, 0.4) is 0 Å². The summed E-state index contributed by atoms with van der Waals surface area (Å²) in [6.07, 6.45) is 0. The minimum Gasteiger partial charge on any atom is -0.301 e. The highest BCUT2D eigenvalue weighted by Gasteiger charge is 2.01. The molecule has 1 aromatic rings. The van der Waals surface area contributed by atoms with Gasteiger partial charge in [-0.15, -0.1) is 0 Å². The zero-order chi connectivity index (χ0) is 8.43. The smallest absolute Gasteiger partial charge is 0.122 e. The standard InChI is InChI=1S/C8H14N2S/c1-4-10-8(11)5-7(9-10)6(2)3/h5-6,9H,4H2,1-3H3. The van der Waals surface area contributed by atoms with Crippen LogP contribution in [-0.4, -0.2) is 9.78 Å². The lowest BCUT2D eigenvalue weighted by Crippen LogP contribution is -1.97. The van der Waals surface area contributed by atoms with E-state index in [2.05, 4.69) is 25.9 Å². The van der Waals surface area contributed by atoms with Crippen molar-refractivity contribution in [3.63, 3.8) is 0 Å². The van der Waals surface area contributed by atoms with Crippen molar-refractivity contribution in [1.29, 1.82) is 0 Å². The van der Waals surface area contributed by atoms with Crippen molar-refractivity contribution in [2.24, 2.45) is 0 Å². The second kappa shape index (κ2) is 3.22. The number of nitrogens with one attached hydrogen (secondary N) is 1. The van der Waals surface area contributed by atoms with Crippen LogP contribution in [-0.2, 0) is 6.54 Å². The monoisotopic (exact) mass is 170 g/mol. The van der Waals surface area contributed by atoms with E-state index >= 15 is 0 Å². The van der Waals surface area contributed by atoms with Crippen molar-refractivity contribution in [3.05, 3.63) is 16.4 Å². The van der Waals surface area contributed by atoms with E-state index in [1.165, 1.54) is 5.69 Å². The van der Waals surface area contributed by atoms with Crippen LogP contribution in [0.25, 0.3) is 0 Å². The number of rotatable bonds is 2. The van der Waals surface area contributed by atoms with Gasteiger partial charge in [0.25, 0.3) is 0 Å². The average molecular weight is 170 g/mol. The third-order valence-corrected chi connectivity index (χ3v) is 2.09. The molecule has 0 spiro atoms. The molecule has 0 radical (unpaired) electrons. The Morgan fingerprint density at radius 2 is 2.27 bits per heavy atom. The Hall–Kier alpha value is -0.570. The van der Waals surface area contributed by atoms with E-state index in [4.69, 9.17) is 12.2 Å². The van der Waals surface area contributed by atoms with Gasteiger partial charge in [-0.1, -0.05) is 26.1 Å². The van der Waals surface area contributed by atoms with Crippen molar-refractivity contribution in [2.45, 2.75) is 33.2 Å². The highest BCUT2D eigenvalue weighted by atomic mass is 32.1. The fraction of sp³-hybridized carbons (Fsp3) is 0.625. The van der Waals surface area contributed by atoms with E-state index in [9.17, 15) is 0 Å². The third-order valence-electron chi connectivity index (χ3n) is 1.75. The molecule has 62 valence electrons. The van der Waals surface area contributed by atoms with E-state index in [0.29, 0.717) is 5.92 Å². The van der Waals surface area contributed by atoms with Crippen molar-refractivity contribution in [1.82, 2.24) is 9.78 Å². The SMILES string of the molecule is CCn1[nH]c(C(C)C)cc1=S. The minimum absolute atomic E-state index is 0.532. The summed E-state index contributed by atoms with van der Waals surface area (Å²) in [6, 6.07) is 2.03. The molecular formula is C8H14N2S. The predicted molar refractivity (Wildman–Crippen MR) is 49.4 cm³/mol. The summed E-state index contributed by atoms with van der Waals surface area (Å²) in [7, 11) is 0. The first-order valence-electron chi connectivity index (χ1n) is 3.95. The molecule has 0 atom stereocenters. The molecule has 0 aromatic carbocycles. The molecule has 1 rings (SSSR count). The summed E-state index contributed by atoms with van der Waals surface area (Å²) in [6.45, 7) is 7.31. The highest BCUT2D eigenvalue weighted by molar-refractivity contribution is 7.71. The molecule has 0 aliphatic rings. The van der Waals surface area contributed by atoms with Crippen LogP contribution in [0.5, 0.6) is 0 Å². The van der Waals surface area contributed by atoms with Gasteiger partial charge >= 0.3 is 0 Å². The Labute approximate surface area is 72.2 Å². The maximum Gasteiger partial charge on any atom is 0.122 e. The minimum atomic E-state index is 0.532. The Bertz CT molecular complexity index is 283. The lowest BCUT2D eigenvalue weighted by Gasteiger charge is -2.00. The van der Waals surface area contributed by atoms with Crippen LogP contribution >= 0.6 is 12.2 Å². The topological polar surface area (TPSA) is 20.7 Å². The van der Waals surface area contributed by atoms with E-state index in [-0.39, 0.29) is 0 Å². The quantitative estimate of drug-likeness (QED) is 0.677. The number of aryl methyl sites for hydroxylation is 1. The molecular weight excluding hydrogens is 156 g/mol. The van der Waals surface area contributed by atoms with Gasteiger partial charge in [0.1, 0.15) is 4.64 Å². The summed E-state index contributed by atoms with van der Waals surface area (Å²) in [5, 5.41) is 3.24. The lowest BCUT2D eigenvalue weighted by atomic mass is 10.1. The van der Waals surface area contributed by atoms with E-state index in [0.717, 1.165) is 11.2 Å². The number of H-pyrrole nitrogens is 1. The first kappa shape index (κ1) is 8.53. The van der Waals surface area contributed by atoms with Crippen molar-refractivity contribution in [3.8, 4) is 0 Å². The number of aromatic nitrogens is 2. The number of nitrogens with zero attached hydrogens (tertiary/aromatic N) is 1. The second-order valence-electron chi connectivity index (χ2n) is 2.95. The zero-order valence-corrected chi connectivity index (χ0v) is 8.03. The Morgan fingerprint density at radius 3 is 2.55 bits per heavy atom. The van der Waals surface area contributed by atoms with Gasteiger partial charge in [0, 0.05) is 12.2 Å². The molecule has 1 N–H and O–H groups in total. The Balaban J connectivity index is 3.05. The Kier molecular flexibility index (Phi) is 2.49. The van der Waals surface area contributed by atoms with E-state index in [1.807, 2.05) is 10.7 Å². The summed E-state index contributed by atoms with van der Waals surface area (Å²) in [5.41, 5.74) is 1.22. The summed E-state index contributed by atoms with van der Waals surface area (Å²) in [5.74, 6) is 0.532. The highest BCUT2D eigenvalue weighted by Crippen LogP contribution is 2.11. The van der Waals surface area contributed by atoms with E-state index < -0.39 is 0 Å². The van der Waals surface area contributed by atoms with Gasteiger partial charge in [0.05, 0.1) is 0 Å². The molecule has 0 saturated heterocycles. The Morgan fingerprint density at radius 1 is 1.64 bits per heavy atom. The molecule has 1 aromatic heterocycles. The molecule has 0 amide bonds. The first-order valence-corrected chi connectivity index (χ1v) is 4.35. The summed E-state index contributed by atoms with van der Waals surface area (Å²) in [4.78, 5) is 0.